The molecule has 0 amide bonds. The molecule has 88 valence electrons. The Balaban J connectivity index is 1.57. The number of imidazole rings is 1. The largest absolute Gasteiger partial charge is 0.332 e. The average molecular weight is 219 g/mol. The quantitative estimate of drug-likeness (QED) is 0.761. The maximum absolute atomic E-state index is 4.22. The van der Waals surface area contributed by atoms with Crippen molar-refractivity contribution in [2.75, 3.05) is 13.1 Å². The Hall–Kier alpha value is -0.830. The molecule has 1 fully saturated rings. The molecule has 1 aliphatic carbocycles. The second-order valence-electron chi connectivity index (χ2n) is 5.32. The fourth-order valence-corrected chi connectivity index (χ4v) is 3.13. The van der Waals surface area contributed by atoms with Crippen molar-refractivity contribution in [1.82, 2.24) is 14.5 Å². The number of fused-ring (bicyclic) bond motifs is 1. The Bertz CT molecular complexity index is 339. The molecule has 1 saturated carbocycles. The predicted octanol–water partition coefficient (Wildman–Crippen LogP) is 2.28. The Morgan fingerprint density at radius 2 is 2.06 bits per heavy atom. The lowest BCUT2D eigenvalue weighted by Crippen LogP contribution is -2.37. The molecule has 0 unspecified atom stereocenters. The van der Waals surface area contributed by atoms with Gasteiger partial charge in [-0.25, -0.2) is 4.98 Å². The van der Waals surface area contributed by atoms with Gasteiger partial charge in [0.1, 0.15) is 0 Å². The molecule has 0 spiro atoms. The van der Waals surface area contributed by atoms with Crippen LogP contribution in [0.25, 0.3) is 0 Å². The van der Waals surface area contributed by atoms with Gasteiger partial charge in [-0.3, -0.25) is 4.90 Å². The van der Waals surface area contributed by atoms with Crippen molar-refractivity contribution >= 4 is 0 Å². The van der Waals surface area contributed by atoms with E-state index >= 15 is 0 Å². The number of hydrogen-bond donors (Lipinski definition) is 0. The average Bonchev–Trinajstić information content (AvgIpc) is 2.77. The SMILES string of the molecule is c1ncn2c1CN(CC1CCCCC1)CC2. The molecule has 2 aliphatic rings. The lowest BCUT2D eigenvalue weighted by atomic mass is 9.89. The fourth-order valence-electron chi connectivity index (χ4n) is 3.13. The highest BCUT2D eigenvalue weighted by atomic mass is 15.2. The summed E-state index contributed by atoms with van der Waals surface area (Å²) in [4.78, 5) is 6.84. The van der Waals surface area contributed by atoms with Gasteiger partial charge < -0.3 is 4.57 Å². The Morgan fingerprint density at radius 3 is 2.94 bits per heavy atom. The van der Waals surface area contributed by atoms with Crippen LogP contribution in [-0.2, 0) is 13.1 Å². The number of nitrogens with zero attached hydrogens (tertiary/aromatic N) is 3. The predicted molar refractivity (Wildman–Crippen MR) is 64.1 cm³/mol. The molecule has 1 aromatic rings. The summed E-state index contributed by atoms with van der Waals surface area (Å²) in [5.74, 6) is 0.961. The minimum Gasteiger partial charge on any atom is -0.332 e. The molecule has 0 aromatic carbocycles. The summed E-state index contributed by atoms with van der Waals surface area (Å²) in [7, 11) is 0. The normalized spacial score (nSPS) is 23.2. The van der Waals surface area contributed by atoms with Gasteiger partial charge in [-0.1, -0.05) is 19.3 Å². The summed E-state index contributed by atoms with van der Waals surface area (Å²) in [6, 6.07) is 0. The Morgan fingerprint density at radius 1 is 1.19 bits per heavy atom. The molecular formula is C13H21N3. The summed E-state index contributed by atoms with van der Waals surface area (Å²) in [6.45, 7) is 4.75. The second kappa shape index (κ2) is 4.58. The van der Waals surface area contributed by atoms with Gasteiger partial charge in [0, 0.05) is 32.4 Å². The third kappa shape index (κ3) is 2.14. The smallest absolute Gasteiger partial charge is 0.0949 e. The highest BCUT2D eigenvalue weighted by Crippen LogP contribution is 2.25. The van der Waals surface area contributed by atoms with E-state index in [1.54, 1.807) is 0 Å². The zero-order chi connectivity index (χ0) is 10.8. The van der Waals surface area contributed by atoms with Crippen molar-refractivity contribution in [1.29, 1.82) is 0 Å². The van der Waals surface area contributed by atoms with Gasteiger partial charge in [0.15, 0.2) is 0 Å². The van der Waals surface area contributed by atoms with Gasteiger partial charge >= 0.3 is 0 Å². The van der Waals surface area contributed by atoms with E-state index < -0.39 is 0 Å². The zero-order valence-electron chi connectivity index (χ0n) is 9.94. The second-order valence-corrected chi connectivity index (χ2v) is 5.32. The minimum absolute atomic E-state index is 0.961. The monoisotopic (exact) mass is 219 g/mol. The lowest BCUT2D eigenvalue weighted by molar-refractivity contribution is 0.167. The molecule has 3 rings (SSSR count). The van der Waals surface area contributed by atoms with E-state index in [-0.39, 0.29) is 0 Å². The molecule has 1 aromatic heterocycles. The van der Waals surface area contributed by atoms with Crippen LogP contribution >= 0.6 is 0 Å². The van der Waals surface area contributed by atoms with E-state index in [9.17, 15) is 0 Å². The van der Waals surface area contributed by atoms with Gasteiger partial charge in [0.05, 0.1) is 12.0 Å². The third-order valence-electron chi connectivity index (χ3n) is 4.08. The standard InChI is InChI=1S/C13H21N3/c1-2-4-12(5-3-1)9-15-6-7-16-11-14-8-13(16)10-15/h8,11-12H,1-7,9-10H2. The molecule has 0 radical (unpaired) electrons. The van der Waals surface area contributed by atoms with Gasteiger partial charge in [-0.2, -0.15) is 0 Å². The summed E-state index contributed by atoms with van der Waals surface area (Å²) in [6.07, 6.45) is 11.3. The van der Waals surface area contributed by atoms with Crippen molar-refractivity contribution in [3.63, 3.8) is 0 Å². The maximum Gasteiger partial charge on any atom is 0.0949 e. The first kappa shape index (κ1) is 10.3. The van der Waals surface area contributed by atoms with Crippen molar-refractivity contribution in [2.24, 2.45) is 5.92 Å². The lowest BCUT2D eigenvalue weighted by Gasteiger charge is -2.32. The van der Waals surface area contributed by atoms with Crippen LogP contribution < -0.4 is 0 Å². The summed E-state index contributed by atoms with van der Waals surface area (Å²) in [5, 5.41) is 0. The first-order valence-electron chi connectivity index (χ1n) is 6.63. The van der Waals surface area contributed by atoms with Gasteiger partial charge in [0.2, 0.25) is 0 Å². The maximum atomic E-state index is 4.22. The molecule has 2 heterocycles. The highest BCUT2D eigenvalue weighted by molar-refractivity contribution is 5.01. The van der Waals surface area contributed by atoms with Crippen LogP contribution in [0.3, 0.4) is 0 Å². The first-order valence-corrected chi connectivity index (χ1v) is 6.63. The van der Waals surface area contributed by atoms with Crippen LogP contribution in [0, 0.1) is 5.92 Å². The summed E-state index contributed by atoms with van der Waals surface area (Å²) in [5.41, 5.74) is 1.39. The molecule has 3 heteroatoms. The van der Waals surface area contributed by atoms with Crippen LogP contribution in [0.5, 0.6) is 0 Å². The minimum atomic E-state index is 0.961. The fraction of sp³-hybridized carbons (Fsp3) is 0.769. The Kier molecular flexibility index (Phi) is 2.96. The molecular weight excluding hydrogens is 198 g/mol. The van der Waals surface area contributed by atoms with Crippen molar-refractivity contribution in [3.05, 3.63) is 18.2 Å². The highest BCUT2D eigenvalue weighted by Gasteiger charge is 2.20. The summed E-state index contributed by atoms with van der Waals surface area (Å²) < 4.78 is 2.29. The molecule has 0 bridgehead atoms. The van der Waals surface area contributed by atoms with E-state index in [0.717, 1.165) is 19.0 Å². The summed E-state index contributed by atoms with van der Waals surface area (Å²) >= 11 is 0. The van der Waals surface area contributed by atoms with E-state index in [4.69, 9.17) is 0 Å². The first-order chi connectivity index (χ1) is 7.92. The topological polar surface area (TPSA) is 21.1 Å². The molecule has 16 heavy (non-hydrogen) atoms. The van der Waals surface area contributed by atoms with Crippen molar-refractivity contribution in [3.8, 4) is 0 Å². The van der Waals surface area contributed by atoms with Crippen LogP contribution in [0.1, 0.15) is 37.8 Å². The van der Waals surface area contributed by atoms with Crippen LogP contribution in [0.15, 0.2) is 12.5 Å². The van der Waals surface area contributed by atoms with Crippen molar-refractivity contribution in [2.45, 2.75) is 45.2 Å². The van der Waals surface area contributed by atoms with Gasteiger partial charge in [0.25, 0.3) is 0 Å². The van der Waals surface area contributed by atoms with E-state index in [1.165, 1.54) is 50.9 Å². The zero-order valence-corrected chi connectivity index (χ0v) is 9.94. The third-order valence-corrected chi connectivity index (χ3v) is 4.08. The van der Waals surface area contributed by atoms with Crippen molar-refractivity contribution < 1.29 is 0 Å². The van der Waals surface area contributed by atoms with Gasteiger partial charge in [-0.15, -0.1) is 0 Å². The Labute approximate surface area is 97.5 Å². The molecule has 0 N–H and O–H groups in total. The number of rotatable bonds is 2. The van der Waals surface area contributed by atoms with Gasteiger partial charge in [-0.05, 0) is 18.8 Å². The molecule has 0 atom stereocenters. The van der Waals surface area contributed by atoms with E-state index in [0.29, 0.717) is 0 Å². The molecule has 3 nitrogen and oxygen atoms in total. The molecule has 1 aliphatic heterocycles. The van der Waals surface area contributed by atoms with E-state index in [2.05, 4.69) is 14.5 Å². The van der Waals surface area contributed by atoms with E-state index in [1.807, 2.05) is 12.5 Å². The number of hydrogen-bond acceptors (Lipinski definition) is 2. The van der Waals surface area contributed by atoms with Crippen LogP contribution in [0.4, 0.5) is 0 Å². The van der Waals surface area contributed by atoms with Crippen LogP contribution in [-0.4, -0.2) is 27.5 Å². The number of aromatic nitrogens is 2. The van der Waals surface area contributed by atoms with Crippen LogP contribution in [0.2, 0.25) is 0 Å². The molecule has 0 saturated heterocycles.